The number of nitrogens with zero attached hydrogens (tertiary/aromatic N) is 5. The molecular weight excluding hydrogens is 262 g/mol. The number of aryl methyl sites for hydroxylation is 1. The zero-order valence-electron chi connectivity index (χ0n) is 11.7. The van der Waals surface area contributed by atoms with Crippen molar-refractivity contribution in [2.24, 2.45) is 7.05 Å². The Hall–Kier alpha value is -2.51. The van der Waals surface area contributed by atoms with Crippen LogP contribution in [0.4, 0.5) is 5.82 Å². The van der Waals surface area contributed by atoms with Gasteiger partial charge in [0.15, 0.2) is 6.29 Å². The molecule has 0 atom stereocenters. The molecule has 0 bridgehead atoms. The minimum absolute atomic E-state index is 0.273. The van der Waals surface area contributed by atoms with Crippen molar-refractivity contribution < 1.29 is 9.72 Å². The van der Waals surface area contributed by atoms with Crippen molar-refractivity contribution >= 4 is 12.1 Å². The van der Waals surface area contributed by atoms with Gasteiger partial charge in [0, 0.05) is 6.20 Å². The number of carbonyl (C=O) groups excluding carboxylic acids is 1. The number of aromatic nitrogens is 4. The summed E-state index contributed by atoms with van der Waals surface area (Å²) in [5.41, 5.74) is 0.901. The van der Waals surface area contributed by atoms with Gasteiger partial charge in [-0.1, -0.05) is 0 Å². The molecule has 0 unspecified atom stereocenters. The summed E-state index contributed by atoms with van der Waals surface area (Å²) in [6, 6.07) is 1.31. The molecule has 2 aromatic heterocycles. The number of rotatable bonds is 3. The molecule has 20 heavy (non-hydrogen) atoms. The zero-order valence-corrected chi connectivity index (χ0v) is 11.7. The number of nitro groups is 1. The zero-order chi connectivity index (χ0) is 15.1. The highest BCUT2D eigenvalue weighted by Gasteiger charge is 2.24. The summed E-state index contributed by atoms with van der Waals surface area (Å²) in [5.74, 6) is -0.273. The van der Waals surface area contributed by atoms with Gasteiger partial charge in [0.2, 0.25) is 0 Å². The number of hydrogen-bond donors (Lipinski definition) is 0. The van der Waals surface area contributed by atoms with Crippen LogP contribution in [0.25, 0.3) is 11.4 Å². The first kappa shape index (κ1) is 13.9. The van der Waals surface area contributed by atoms with E-state index in [1.54, 1.807) is 17.9 Å². The van der Waals surface area contributed by atoms with Crippen molar-refractivity contribution in [2.75, 3.05) is 0 Å². The molecule has 2 rings (SSSR count). The largest absolute Gasteiger partial charge is 0.390 e. The third-order valence-electron chi connectivity index (χ3n) is 2.85. The Bertz CT molecular complexity index is 678. The van der Waals surface area contributed by atoms with Gasteiger partial charge in [0.05, 0.1) is 29.3 Å². The average molecular weight is 277 g/mol. The fourth-order valence-corrected chi connectivity index (χ4v) is 1.78. The van der Waals surface area contributed by atoms with Crippen LogP contribution in [-0.2, 0) is 12.6 Å². The van der Waals surface area contributed by atoms with Crippen molar-refractivity contribution in [3.05, 3.63) is 27.9 Å². The first-order valence-corrected chi connectivity index (χ1v) is 5.98. The van der Waals surface area contributed by atoms with E-state index in [0.717, 1.165) is 0 Å². The smallest absolute Gasteiger partial charge is 0.358 e. The van der Waals surface area contributed by atoms with Gasteiger partial charge in [-0.05, 0) is 25.7 Å². The number of carbonyl (C=O) groups is 1. The highest BCUT2D eigenvalue weighted by molar-refractivity contribution is 5.84. The van der Waals surface area contributed by atoms with Crippen molar-refractivity contribution in [1.29, 1.82) is 0 Å². The highest BCUT2D eigenvalue weighted by Crippen LogP contribution is 2.26. The van der Waals surface area contributed by atoms with Crippen LogP contribution in [0.5, 0.6) is 0 Å². The molecule has 8 nitrogen and oxygen atoms in total. The maximum atomic E-state index is 11.2. The highest BCUT2D eigenvalue weighted by atomic mass is 16.6. The predicted octanol–water partition coefficient (Wildman–Crippen LogP) is 1.76. The topological polar surface area (TPSA) is 95.8 Å². The second kappa shape index (κ2) is 4.55. The van der Waals surface area contributed by atoms with Gasteiger partial charge in [-0.15, -0.1) is 0 Å². The summed E-state index contributed by atoms with van der Waals surface area (Å²) in [4.78, 5) is 21.3. The van der Waals surface area contributed by atoms with E-state index >= 15 is 0 Å². The summed E-state index contributed by atoms with van der Waals surface area (Å²) in [5, 5.41) is 18.9. The van der Waals surface area contributed by atoms with Crippen molar-refractivity contribution in [2.45, 2.75) is 26.3 Å². The first-order chi connectivity index (χ1) is 9.24. The fraction of sp³-hybridized carbons (Fsp3) is 0.417. The lowest BCUT2D eigenvalue weighted by Crippen LogP contribution is -2.22. The van der Waals surface area contributed by atoms with Crippen LogP contribution in [0.15, 0.2) is 12.3 Å². The molecule has 0 fully saturated rings. The molecule has 8 heteroatoms. The monoisotopic (exact) mass is 277 g/mol. The normalized spacial score (nSPS) is 11.6. The maximum Gasteiger partial charge on any atom is 0.390 e. The molecule has 0 spiro atoms. The van der Waals surface area contributed by atoms with Gasteiger partial charge in [-0.3, -0.25) is 9.48 Å². The molecule has 0 saturated carbocycles. The summed E-state index contributed by atoms with van der Waals surface area (Å²) in [6.07, 6.45) is 2.31. The predicted molar refractivity (Wildman–Crippen MR) is 71.5 cm³/mol. The Kier molecular flexibility index (Phi) is 3.16. The van der Waals surface area contributed by atoms with Crippen LogP contribution >= 0.6 is 0 Å². The average Bonchev–Trinajstić information content (AvgIpc) is 2.90. The quantitative estimate of drug-likeness (QED) is 0.484. The molecule has 0 radical (unpaired) electrons. The lowest BCUT2D eigenvalue weighted by molar-refractivity contribution is -0.389. The van der Waals surface area contributed by atoms with E-state index in [0.29, 0.717) is 23.2 Å². The van der Waals surface area contributed by atoms with Gasteiger partial charge < -0.3 is 10.1 Å². The minimum Gasteiger partial charge on any atom is -0.358 e. The molecule has 106 valence electrons. The molecule has 0 saturated heterocycles. The van der Waals surface area contributed by atoms with E-state index in [-0.39, 0.29) is 11.4 Å². The molecule has 0 aliphatic heterocycles. The van der Waals surface area contributed by atoms with Crippen LogP contribution in [0.2, 0.25) is 0 Å². The molecule has 0 aliphatic carbocycles. The molecule has 2 aromatic rings. The Morgan fingerprint density at radius 2 is 2.00 bits per heavy atom. The minimum atomic E-state index is -0.579. The summed E-state index contributed by atoms with van der Waals surface area (Å²) in [6.45, 7) is 5.85. The van der Waals surface area contributed by atoms with Gasteiger partial charge in [-0.25, -0.2) is 0 Å². The lowest BCUT2D eigenvalue weighted by atomic mass is 10.1. The molecule has 0 aromatic carbocycles. The molecular formula is C12H15N5O3. The summed E-state index contributed by atoms with van der Waals surface area (Å²) in [7, 11) is 1.58. The van der Waals surface area contributed by atoms with Crippen LogP contribution < -0.4 is 0 Å². The SMILES string of the molecule is Cn1nc([N+](=O)[O-])cc1-c1nn(C(C)(C)C)cc1C=O. The third kappa shape index (κ3) is 2.31. The van der Waals surface area contributed by atoms with E-state index < -0.39 is 4.92 Å². The van der Waals surface area contributed by atoms with E-state index in [9.17, 15) is 14.9 Å². The van der Waals surface area contributed by atoms with E-state index in [2.05, 4.69) is 10.2 Å². The van der Waals surface area contributed by atoms with Crippen LogP contribution in [-0.4, -0.2) is 30.8 Å². The maximum absolute atomic E-state index is 11.2. The van der Waals surface area contributed by atoms with Crippen molar-refractivity contribution in [3.63, 3.8) is 0 Å². The second-order valence-electron chi connectivity index (χ2n) is 5.43. The Morgan fingerprint density at radius 1 is 1.35 bits per heavy atom. The molecule has 0 N–H and O–H groups in total. The van der Waals surface area contributed by atoms with Crippen LogP contribution in [0.3, 0.4) is 0 Å². The third-order valence-corrected chi connectivity index (χ3v) is 2.85. The number of aldehydes is 1. The standard InChI is InChI=1S/C12H15N5O3/c1-12(2,3)16-6-8(7-18)11(14-16)9-5-10(17(19)20)13-15(9)4/h5-7H,1-4H3. The van der Waals surface area contributed by atoms with Gasteiger partial charge in [0.25, 0.3) is 0 Å². The molecule has 0 amide bonds. The second-order valence-corrected chi connectivity index (χ2v) is 5.43. The summed E-state index contributed by atoms with van der Waals surface area (Å²) < 4.78 is 3.01. The van der Waals surface area contributed by atoms with Crippen molar-refractivity contribution in [3.8, 4) is 11.4 Å². The lowest BCUT2D eigenvalue weighted by Gasteiger charge is -2.18. The van der Waals surface area contributed by atoms with Crippen molar-refractivity contribution in [1.82, 2.24) is 19.6 Å². The Labute approximate surface area is 115 Å². The van der Waals surface area contributed by atoms with Gasteiger partial charge in [-0.2, -0.15) is 9.78 Å². The van der Waals surface area contributed by atoms with E-state index in [1.807, 2.05) is 20.8 Å². The fourth-order valence-electron chi connectivity index (χ4n) is 1.78. The van der Waals surface area contributed by atoms with Crippen LogP contribution in [0.1, 0.15) is 31.1 Å². The van der Waals surface area contributed by atoms with Gasteiger partial charge in [0.1, 0.15) is 11.4 Å². The molecule has 2 heterocycles. The molecule has 0 aliphatic rings. The summed E-state index contributed by atoms with van der Waals surface area (Å²) >= 11 is 0. The van der Waals surface area contributed by atoms with Crippen LogP contribution in [0, 0.1) is 10.1 Å². The number of hydrogen-bond acceptors (Lipinski definition) is 5. The first-order valence-electron chi connectivity index (χ1n) is 5.98. The van der Waals surface area contributed by atoms with E-state index in [4.69, 9.17) is 0 Å². The van der Waals surface area contributed by atoms with E-state index in [1.165, 1.54) is 10.7 Å². The van der Waals surface area contributed by atoms with Gasteiger partial charge >= 0.3 is 5.82 Å². The Balaban J connectivity index is 2.60. The Morgan fingerprint density at radius 3 is 2.45 bits per heavy atom.